The molecule has 11 nitrogen and oxygen atoms in total. The first-order valence-electron chi connectivity index (χ1n) is 14.3. The van der Waals surface area contributed by atoms with E-state index < -0.39 is 65.5 Å². The summed E-state index contributed by atoms with van der Waals surface area (Å²) >= 11 is 6.44. The summed E-state index contributed by atoms with van der Waals surface area (Å²) in [7, 11) is 2.97. The second-order valence-corrected chi connectivity index (χ2v) is 12.6. The molecule has 3 N–H and O–H groups in total. The van der Waals surface area contributed by atoms with Gasteiger partial charge in [0.15, 0.2) is 5.72 Å². The Morgan fingerprint density at radius 1 is 1.28 bits per heavy atom. The van der Waals surface area contributed by atoms with E-state index in [-0.39, 0.29) is 23.6 Å². The number of alkyl carbamates (subject to hydrolysis) is 1. The van der Waals surface area contributed by atoms with Gasteiger partial charge in [-0.2, -0.15) is 0 Å². The number of halogens is 1. The summed E-state index contributed by atoms with van der Waals surface area (Å²) in [6, 6.07) is 3.26. The van der Waals surface area contributed by atoms with Gasteiger partial charge in [-0.3, -0.25) is 14.9 Å². The summed E-state index contributed by atoms with van der Waals surface area (Å²) in [4.78, 5) is 40.4. The van der Waals surface area contributed by atoms with Gasteiger partial charge in [0.1, 0.15) is 34.7 Å². The molecule has 12 heteroatoms. The SMILES string of the molecule is COC1/C=C/C=C(/C)Cc2cc(O)c(Cl)c(c2)N(C)C(=O)CC(OC(=O)C(C)C)C2(C)OC2C(C)C2CC1(O)NC(=O)O2. The third-order valence-electron chi connectivity index (χ3n) is 8.47. The average Bonchev–Trinajstić information content (AvgIpc) is 3.62. The van der Waals surface area contributed by atoms with E-state index in [2.05, 4.69) is 5.32 Å². The number of hydrogen-bond donors (Lipinski definition) is 3. The number of methoxy groups -OCH3 is 1. The molecule has 2 fully saturated rings. The molecule has 0 saturated carbocycles. The van der Waals surface area contributed by atoms with Crippen molar-refractivity contribution in [1.29, 1.82) is 0 Å². The molecule has 0 aromatic heterocycles. The van der Waals surface area contributed by atoms with Crippen LogP contribution < -0.4 is 10.2 Å². The van der Waals surface area contributed by atoms with E-state index in [1.165, 1.54) is 18.1 Å². The monoisotopic (exact) mass is 620 g/mol. The first-order chi connectivity index (χ1) is 20.1. The van der Waals surface area contributed by atoms with Crippen molar-refractivity contribution in [2.45, 2.75) is 89.6 Å². The highest BCUT2D eigenvalue weighted by Crippen LogP contribution is 2.49. The van der Waals surface area contributed by atoms with Crippen molar-refractivity contribution in [2.75, 3.05) is 19.1 Å². The molecule has 0 radical (unpaired) electrons. The van der Waals surface area contributed by atoms with E-state index in [9.17, 15) is 24.6 Å². The molecule has 7 unspecified atom stereocenters. The number of rotatable bonds is 3. The molecule has 0 aliphatic carbocycles. The number of nitrogens with one attached hydrogen (secondary N) is 1. The zero-order valence-corrected chi connectivity index (χ0v) is 26.3. The molecule has 7 atom stereocenters. The van der Waals surface area contributed by atoms with Gasteiger partial charge in [0.05, 0.1) is 24.1 Å². The third-order valence-corrected chi connectivity index (χ3v) is 8.86. The van der Waals surface area contributed by atoms with Crippen LogP contribution in [0.4, 0.5) is 10.5 Å². The highest BCUT2D eigenvalue weighted by atomic mass is 35.5. The highest BCUT2D eigenvalue weighted by molar-refractivity contribution is 6.35. The van der Waals surface area contributed by atoms with Gasteiger partial charge in [0.2, 0.25) is 5.91 Å². The summed E-state index contributed by atoms with van der Waals surface area (Å²) in [6.45, 7) is 8.83. The quantitative estimate of drug-likeness (QED) is 0.337. The number of benzene rings is 1. The van der Waals surface area contributed by atoms with Crippen LogP contribution >= 0.6 is 11.6 Å². The Kier molecular flexibility index (Phi) is 9.51. The number of anilines is 1. The Hall–Kier alpha value is -3.12. The van der Waals surface area contributed by atoms with Gasteiger partial charge in [-0.15, -0.1) is 0 Å². The molecule has 4 rings (SSSR count). The minimum atomic E-state index is -1.78. The molecule has 3 aliphatic rings. The summed E-state index contributed by atoms with van der Waals surface area (Å²) in [5, 5.41) is 24.6. The zero-order valence-electron chi connectivity index (χ0n) is 25.5. The van der Waals surface area contributed by atoms with Crippen LogP contribution in [0, 0.1) is 11.8 Å². The van der Waals surface area contributed by atoms with Gasteiger partial charge in [0, 0.05) is 26.5 Å². The minimum Gasteiger partial charge on any atom is -0.506 e. The van der Waals surface area contributed by atoms with Crippen LogP contribution in [0.15, 0.2) is 35.9 Å². The van der Waals surface area contributed by atoms with E-state index in [0.29, 0.717) is 17.7 Å². The van der Waals surface area contributed by atoms with Crippen LogP contribution in [0.25, 0.3) is 0 Å². The van der Waals surface area contributed by atoms with Crippen LogP contribution in [0.5, 0.6) is 5.75 Å². The number of fused-ring (bicyclic) bond motifs is 5. The number of hydrogen-bond acceptors (Lipinski definition) is 9. The molecule has 2 saturated heterocycles. The zero-order chi connectivity index (χ0) is 31.9. The molecule has 3 aliphatic heterocycles. The summed E-state index contributed by atoms with van der Waals surface area (Å²) < 4.78 is 23.1. The third kappa shape index (κ3) is 6.85. The molecule has 236 valence electrons. The van der Waals surface area contributed by atoms with Gasteiger partial charge < -0.3 is 34.1 Å². The molecule has 4 bridgehead atoms. The molecule has 1 aromatic rings. The fourth-order valence-corrected chi connectivity index (χ4v) is 5.98. The normalized spacial score (nSPS) is 35.3. The summed E-state index contributed by atoms with van der Waals surface area (Å²) in [6.07, 6.45) is 1.29. The lowest BCUT2D eigenvalue weighted by atomic mass is 9.83. The average molecular weight is 621 g/mol. The number of carbonyl (C=O) groups excluding carboxylic acids is 3. The number of nitrogens with zero attached hydrogens (tertiary/aromatic N) is 1. The number of allylic oxidation sites excluding steroid dienone is 3. The standard InChI is InChI=1S/C31H41ClN2O9/c1-16(2)28(37)42-24-14-25(36)34(6)20-12-19(13-21(35)26(20)32)11-17(3)9-8-10-23(40-7)31(39)15-22(41-29(38)33-31)18(4)27-30(24,5)43-27/h8-10,12-13,16,18,22-24,27,35,39H,11,14-15H2,1-7H3,(H,33,38)/b10-8+,17-9-. The maximum atomic E-state index is 13.7. The Balaban J connectivity index is 1.78. The van der Waals surface area contributed by atoms with Crippen molar-refractivity contribution in [2.24, 2.45) is 11.8 Å². The van der Waals surface area contributed by atoms with E-state index in [0.717, 1.165) is 5.57 Å². The lowest BCUT2D eigenvalue weighted by Crippen LogP contribution is -2.63. The number of esters is 1. The summed E-state index contributed by atoms with van der Waals surface area (Å²) in [5.74, 6) is -2.01. The van der Waals surface area contributed by atoms with Crippen molar-refractivity contribution in [3.05, 3.63) is 46.5 Å². The number of amides is 2. The number of epoxide rings is 1. The maximum absolute atomic E-state index is 13.7. The molecular formula is C31H41ClN2O9. The van der Waals surface area contributed by atoms with E-state index in [1.54, 1.807) is 46.0 Å². The molecular weight excluding hydrogens is 580 g/mol. The second-order valence-electron chi connectivity index (χ2n) is 12.2. The van der Waals surface area contributed by atoms with Gasteiger partial charge >= 0.3 is 12.1 Å². The Bertz CT molecular complexity index is 1330. The predicted octanol–water partition coefficient (Wildman–Crippen LogP) is 4.02. The molecule has 2 amide bonds. The number of carbonyl (C=O) groups is 3. The Labute approximate surface area is 256 Å². The topological polar surface area (TPSA) is 147 Å². The Morgan fingerprint density at radius 2 is 1.98 bits per heavy atom. The Morgan fingerprint density at radius 3 is 2.63 bits per heavy atom. The van der Waals surface area contributed by atoms with Crippen LogP contribution in [-0.4, -0.2) is 78.1 Å². The second kappa shape index (κ2) is 12.5. The van der Waals surface area contributed by atoms with Crippen LogP contribution in [0.2, 0.25) is 5.02 Å². The van der Waals surface area contributed by atoms with Crippen LogP contribution in [-0.2, 0) is 35.0 Å². The van der Waals surface area contributed by atoms with E-state index >= 15 is 0 Å². The van der Waals surface area contributed by atoms with Gasteiger partial charge in [-0.1, -0.05) is 56.2 Å². The molecule has 3 heterocycles. The first-order valence-corrected chi connectivity index (χ1v) is 14.7. The van der Waals surface area contributed by atoms with Crippen molar-refractivity contribution in [1.82, 2.24) is 5.32 Å². The summed E-state index contributed by atoms with van der Waals surface area (Å²) in [5.41, 5.74) is -0.974. The first kappa shape index (κ1) is 32.8. The molecule has 43 heavy (non-hydrogen) atoms. The number of aromatic hydroxyl groups is 1. The van der Waals surface area contributed by atoms with E-state index in [1.807, 2.05) is 19.9 Å². The number of phenolic OH excluding ortho intramolecular Hbond substituents is 1. The fourth-order valence-electron chi connectivity index (χ4n) is 5.75. The van der Waals surface area contributed by atoms with Crippen LogP contribution in [0.1, 0.15) is 53.0 Å². The van der Waals surface area contributed by atoms with Gasteiger partial charge in [-0.25, -0.2) is 4.79 Å². The van der Waals surface area contributed by atoms with Crippen molar-refractivity contribution >= 4 is 35.3 Å². The number of aliphatic hydroxyl groups is 1. The number of ether oxygens (including phenoxy) is 4. The van der Waals surface area contributed by atoms with Crippen molar-refractivity contribution in [3.63, 3.8) is 0 Å². The smallest absolute Gasteiger partial charge is 0.409 e. The molecule has 1 aromatic carbocycles. The van der Waals surface area contributed by atoms with E-state index in [4.69, 9.17) is 30.5 Å². The largest absolute Gasteiger partial charge is 0.506 e. The number of phenols is 1. The lowest BCUT2D eigenvalue weighted by molar-refractivity contribution is -0.157. The van der Waals surface area contributed by atoms with Gasteiger partial charge in [0.25, 0.3) is 0 Å². The maximum Gasteiger partial charge on any atom is 0.409 e. The molecule has 0 spiro atoms. The minimum absolute atomic E-state index is 0.0108. The van der Waals surface area contributed by atoms with Crippen molar-refractivity contribution in [3.8, 4) is 5.75 Å². The highest BCUT2D eigenvalue weighted by Gasteiger charge is 2.64. The van der Waals surface area contributed by atoms with Crippen molar-refractivity contribution < 1.29 is 43.5 Å². The van der Waals surface area contributed by atoms with Crippen LogP contribution in [0.3, 0.4) is 0 Å². The lowest BCUT2D eigenvalue weighted by Gasteiger charge is -2.42. The predicted molar refractivity (Wildman–Crippen MR) is 159 cm³/mol. The fraction of sp³-hybridized carbons (Fsp3) is 0.581. The van der Waals surface area contributed by atoms with Gasteiger partial charge in [-0.05, 0) is 38.0 Å².